The van der Waals surface area contributed by atoms with Crippen molar-refractivity contribution in [2.75, 3.05) is 5.88 Å². The van der Waals surface area contributed by atoms with Crippen LogP contribution in [0.4, 0.5) is 8.78 Å². The van der Waals surface area contributed by atoms with Gasteiger partial charge in [-0.1, -0.05) is 0 Å². The van der Waals surface area contributed by atoms with Crippen LogP contribution in [0.5, 0.6) is 0 Å². The number of ether oxygens (including phenoxy) is 1. The smallest absolute Gasteiger partial charge is 0.309 e. The highest BCUT2D eigenvalue weighted by Crippen LogP contribution is 2.36. The predicted molar refractivity (Wildman–Crippen MR) is 69.5 cm³/mol. The summed E-state index contributed by atoms with van der Waals surface area (Å²) in [6.07, 6.45) is 0.721. The largest absolute Gasteiger partial charge is 0.460 e. The molecule has 0 radical (unpaired) electrons. The first-order chi connectivity index (χ1) is 8.61. The van der Waals surface area contributed by atoms with Gasteiger partial charge in [-0.2, -0.15) is 0 Å². The molecule has 1 fully saturated rings. The summed E-state index contributed by atoms with van der Waals surface area (Å²) in [5.41, 5.74) is -0.531. The van der Waals surface area contributed by atoms with Crippen LogP contribution in [0.1, 0.15) is 46.5 Å². The van der Waals surface area contributed by atoms with E-state index >= 15 is 0 Å². The first-order valence-corrected chi connectivity index (χ1v) is 6.75. The predicted octanol–water partition coefficient (Wildman–Crippen LogP) is 3.58. The van der Waals surface area contributed by atoms with Gasteiger partial charge in [-0.3, -0.25) is 4.79 Å². The molecule has 0 atom stereocenters. The number of alkyl halides is 3. The maximum absolute atomic E-state index is 12.8. The zero-order valence-electron chi connectivity index (χ0n) is 11.5. The molecule has 0 aromatic carbocycles. The molecule has 1 aliphatic carbocycles. The van der Waals surface area contributed by atoms with E-state index in [-0.39, 0.29) is 43.5 Å². The Balaban J connectivity index is 0.000000711. The van der Waals surface area contributed by atoms with Crippen molar-refractivity contribution in [2.45, 2.75) is 58.0 Å². The number of halogens is 3. The summed E-state index contributed by atoms with van der Waals surface area (Å²) in [5, 5.41) is 0. The molecule has 0 amide bonds. The fraction of sp³-hybridized carbons (Fsp3) is 0.846. The third-order valence-corrected chi connectivity index (χ3v) is 2.65. The van der Waals surface area contributed by atoms with Crippen molar-refractivity contribution < 1.29 is 23.1 Å². The lowest BCUT2D eigenvalue weighted by Crippen LogP contribution is -2.33. The lowest BCUT2D eigenvalue weighted by atomic mass is 9.87. The maximum atomic E-state index is 12.8. The SMILES string of the molecule is CC(C)(C)OC(=O)C1CCC(F)(F)CC1.O=CCCl. The highest BCUT2D eigenvalue weighted by Gasteiger charge is 2.38. The van der Waals surface area contributed by atoms with Gasteiger partial charge in [0.05, 0.1) is 11.8 Å². The average Bonchev–Trinajstić information content (AvgIpc) is 2.27. The van der Waals surface area contributed by atoms with Crippen LogP contribution in [0, 0.1) is 5.92 Å². The van der Waals surface area contributed by atoms with Crippen LogP contribution < -0.4 is 0 Å². The molecule has 0 heterocycles. The molecule has 1 rings (SSSR count). The Morgan fingerprint density at radius 2 is 1.79 bits per heavy atom. The van der Waals surface area contributed by atoms with Gasteiger partial charge >= 0.3 is 5.97 Å². The lowest BCUT2D eigenvalue weighted by Gasteiger charge is -2.29. The second kappa shape index (κ2) is 7.78. The van der Waals surface area contributed by atoms with E-state index in [0.717, 1.165) is 0 Å². The fourth-order valence-corrected chi connectivity index (χ4v) is 1.66. The molecule has 0 spiro atoms. The molecule has 1 aliphatic rings. The van der Waals surface area contributed by atoms with Crippen LogP contribution in [-0.4, -0.2) is 29.7 Å². The van der Waals surface area contributed by atoms with Crippen LogP contribution in [0.15, 0.2) is 0 Å². The number of rotatable bonds is 2. The Hall–Kier alpha value is -0.710. The number of hydrogen-bond acceptors (Lipinski definition) is 3. The summed E-state index contributed by atoms with van der Waals surface area (Å²) in [5.74, 6) is -3.15. The molecular formula is C13H21ClF2O3. The minimum atomic E-state index is -2.58. The Morgan fingerprint density at radius 1 is 1.37 bits per heavy atom. The van der Waals surface area contributed by atoms with Crippen LogP contribution in [0.2, 0.25) is 0 Å². The van der Waals surface area contributed by atoms with Crippen molar-refractivity contribution >= 4 is 23.9 Å². The van der Waals surface area contributed by atoms with E-state index in [0.29, 0.717) is 6.29 Å². The Kier molecular flexibility index (Phi) is 7.49. The molecular weight excluding hydrogens is 278 g/mol. The van der Waals surface area contributed by atoms with Crippen molar-refractivity contribution in [1.82, 2.24) is 0 Å². The number of carbonyl (C=O) groups excluding carboxylic acids is 2. The van der Waals surface area contributed by atoms with Crippen LogP contribution in [0.3, 0.4) is 0 Å². The van der Waals surface area contributed by atoms with Crippen molar-refractivity contribution in [3.8, 4) is 0 Å². The maximum Gasteiger partial charge on any atom is 0.309 e. The highest BCUT2D eigenvalue weighted by molar-refractivity contribution is 6.24. The normalized spacial score (nSPS) is 19.1. The van der Waals surface area contributed by atoms with Gasteiger partial charge in [0.2, 0.25) is 5.92 Å². The third kappa shape index (κ3) is 8.92. The Labute approximate surface area is 117 Å². The number of carbonyl (C=O) groups is 2. The molecule has 0 aliphatic heterocycles. The number of esters is 1. The second-order valence-corrected chi connectivity index (χ2v) is 5.79. The minimum absolute atomic E-state index is 0.111. The molecule has 112 valence electrons. The van der Waals surface area contributed by atoms with Crippen molar-refractivity contribution in [2.24, 2.45) is 5.92 Å². The zero-order valence-corrected chi connectivity index (χ0v) is 12.3. The number of aldehydes is 1. The molecule has 0 aromatic heterocycles. The van der Waals surface area contributed by atoms with Gasteiger partial charge in [0.25, 0.3) is 0 Å². The van der Waals surface area contributed by atoms with E-state index in [9.17, 15) is 13.6 Å². The zero-order chi connectivity index (χ0) is 15.1. The van der Waals surface area contributed by atoms with Crippen molar-refractivity contribution in [3.05, 3.63) is 0 Å². The van der Waals surface area contributed by atoms with E-state index in [4.69, 9.17) is 21.1 Å². The van der Waals surface area contributed by atoms with Gasteiger partial charge < -0.3 is 9.53 Å². The van der Waals surface area contributed by atoms with Crippen molar-refractivity contribution in [3.63, 3.8) is 0 Å². The fourth-order valence-electron chi connectivity index (χ4n) is 1.66. The van der Waals surface area contributed by atoms with Gasteiger partial charge in [-0.15, -0.1) is 11.6 Å². The quantitative estimate of drug-likeness (QED) is 0.444. The number of hydrogen-bond donors (Lipinski definition) is 0. The minimum Gasteiger partial charge on any atom is -0.460 e. The first-order valence-electron chi connectivity index (χ1n) is 6.21. The highest BCUT2D eigenvalue weighted by atomic mass is 35.5. The van der Waals surface area contributed by atoms with E-state index in [1.807, 2.05) is 0 Å². The van der Waals surface area contributed by atoms with E-state index < -0.39 is 11.5 Å². The van der Waals surface area contributed by atoms with Crippen LogP contribution in [-0.2, 0) is 14.3 Å². The van der Waals surface area contributed by atoms with E-state index in [1.54, 1.807) is 20.8 Å². The molecule has 0 N–H and O–H groups in total. The molecule has 0 unspecified atom stereocenters. The van der Waals surface area contributed by atoms with E-state index in [1.165, 1.54) is 0 Å². The van der Waals surface area contributed by atoms with Crippen LogP contribution >= 0.6 is 11.6 Å². The molecule has 0 bridgehead atoms. The van der Waals surface area contributed by atoms with Gasteiger partial charge in [0, 0.05) is 12.8 Å². The Bertz CT molecular complexity index is 291. The molecule has 0 saturated heterocycles. The summed E-state index contributed by atoms with van der Waals surface area (Å²) in [6.45, 7) is 5.34. The summed E-state index contributed by atoms with van der Waals surface area (Å²) >= 11 is 4.82. The standard InChI is InChI=1S/C11H18F2O2.C2H3ClO/c1-10(2,3)15-9(14)8-4-6-11(12,13)7-5-8;3-1-2-4/h8H,4-7H2,1-3H3;2H,1H2. The van der Waals surface area contributed by atoms with Gasteiger partial charge in [-0.25, -0.2) is 8.78 Å². The van der Waals surface area contributed by atoms with Gasteiger partial charge in [0.1, 0.15) is 11.9 Å². The Morgan fingerprint density at radius 3 is 2.11 bits per heavy atom. The summed E-state index contributed by atoms with van der Waals surface area (Å²) in [4.78, 5) is 20.6. The average molecular weight is 299 g/mol. The van der Waals surface area contributed by atoms with Crippen molar-refractivity contribution in [1.29, 1.82) is 0 Å². The summed E-state index contributed by atoms with van der Waals surface area (Å²) < 4.78 is 30.8. The van der Waals surface area contributed by atoms with E-state index in [2.05, 4.69) is 0 Å². The first kappa shape index (κ1) is 18.3. The topological polar surface area (TPSA) is 43.4 Å². The van der Waals surface area contributed by atoms with Gasteiger partial charge in [-0.05, 0) is 33.6 Å². The van der Waals surface area contributed by atoms with Crippen LogP contribution in [0.25, 0.3) is 0 Å². The molecule has 6 heteroatoms. The summed E-state index contributed by atoms with van der Waals surface area (Å²) in [6, 6.07) is 0. The monoisotopic (exact) mass is 298 g/mol. The second-order valence-electron chi connectivity index (χ2n) is 5.48. The third-order valence-electron chi connectivity index (χ3n) is 2.52. The molecule has 1 saturated carbocycles. The molecule has 3 nitrogen and oxygen atoms in total. The molecule has 0 aromatic rings. The summed E-state index contributed by atoms with van der Waals surface area (Å²) in [7, 11) is 0. The van der Waals surface area contributed by atoms with Gasteiger partial charge in [0.15, 0.2) is 0 Å². The lowest BCUT2D eigenvalue weighted by molar-refractivity contribution is -0.163. The molecule has 19 heavy (non-hydrogen) atoms.